The normalized spacial score (nSPS) is 18.1. The number of rotatable bonds is 3. The lowest BCUT2D eigenvalue weighted by Crippen LogP contribution is -2.42. The maximum absolute atomic E-state index is 13.3. The highest BCUT2D eigenvalue weighted by Gasteiger charge is 2.37. The minimum atomic E-state index is -0.353. The molecule has 5 nitrogen and oxygen atoms in total. The van der Waals surface area contributed by atoms with Gasteiger partial charge in [0, 0.05) is 11.4 Å². The number of carbonyl (C=O) groups is 2. The molecule has 150 valence electrons. The van der Waals surface area contributed by atoms with E-state index in [1.165, 1.54) is 18.2 Å². The molecule has 2 aromatic carbocycles. The molecule has 1 N–H and O–H groups in total. The van der Waals surface area contributed by atoms with Crippen molar-refractivity contribution >= 4 is 34.6 Å². The molecule has 0 spiro atoms. The second-order valence-electron chi connectivity index (χ2n) is 7.90. The third-order valence-corrected chi connectivity index (χ3v) is 5.80. The summed E-state index contributed by atoms with van der Waals surface area (Å²) in [5.74, 6) is -1.01. The van der Waals surface area contributed by atoms with Crippen LogP contribution in [0.25, 0.3) is 0 Å². The summed E-state index contributed by atoms with van der Waals surface area (Å²) in [6.45, 7) is 5.63. The summed E-state index contributed by atoms with van der Waals surface area (Å²) in [5.41, 5.74) is 5.65. The maximum Gasteiger partial charge on any atom is 0.244 e. The minimum absolute atomic E-state index is 0.0748. The van der Waals surface area contributed by atoms with Crippen molar-refractivity contribution < 1.29 is 14.0 Å². The Kier molecular flexibility index (Phi) is 4.94. The van der Waals surface area contributed by atoms with Crippen molar-refractivity contribution in [3.05, 3.63) is 52.8 Å². The van der Waals surface area contributed by atoms with E-state index in [2.05, 4.69) is 5.32 Å². The number of nitrogens with one attached hydrogen (secondary N) is 1. The van der Waals surface area contributed by atoms with Gasteiger partial charge < -0.3 is 10.2 Å². The van der Waals surface area contributed by atoms with Gasteiger partial charge in [0.05, 0.1) is 17.3 Å². The highest BCUT2D eigenvalue weighted by Crippen LogP contribution is 2.39. The topological polar surface area (TPSA) is 61.8 Å². The van der Waals surface area contributed by atoms with Crippen LogP contribution in [0.4, 0.5) is 21.5 Å². The molecule has 1 aliphatic carbocycles. The van der Waals surface area contributed by atoms with E-state index in [0.29, 0.717) is 16.9 Å². The average Bonchev–Trinajstić information content (AvgIpc) is 3.09. The summed E-state index contributed by atoms with van der Waals surface area (Å²) in [4.78, 5) is 32.5. The lowest BCUT2D eigenvalue weighted by molar-refractivity contribution is -0.122. The molecule has 1 aliphatic heterocycles. The van der Waals surface area contributed by atoms with E-state index in [0.717, 1.165) is 41.8 Å². The first-order valence-corrected chi connectivity index (χ1v) is 9.89. The largest absolute Gasteiger partial charge is 0.324 e. The zero-order valence-electron chi connectivity index (χ0n) is 16.9. The van der Waals surface area contributed by atoms with Crippen LogP contribution >= 0.6 is 0 Å². The molecule has 2 aromatic rings. The van der Waals surface area contributed by atoms with E-state index in [-0.39, 0.29) is 30.1 Å². The van der Waals surface area contributed by atoms with Crippen LogP contribution < -0.4 is 10.2 Å². The number of carbonyl (C=O) groups excluding carboxylic acids is 2. The summed E-state index contributed by atoms with van der Waals surface area (Å²) >= 11 is 0. The summed E-state index contributed by atoms with van der Waals surface area (Å²) in [7, 11) is 0. The zero-order chi connectivity index (χ0) is 20.7. The van der Waals surface area contributed by atoms with Crippen molar-refractivity contribution in [2.45, 2.75) is 40.0 Å². The smallest absolute Gasteiger partial charge is 0.244 e. The number of fused-ring (bicyclic) bond motifs is 2. The molecule has 0 bridgehead atoms. The first-order valence-electron chi connectivity index (χ1n) is 9.89. The number of nitrogens with zero attached hydrogens (tertiary/aromatic N) is 2. The predicted octanol–water partition coefficient (Wildman–Crippen LogP) is 4.61. The minimum Gasteiger partial charge on any atom is -0.324 e. The van der Waals surface area contributed by atoms with E-state index in [4.69, 9.17) is 4.99 Å². The lowest BCUT2D eigenvalue weighted by Gasteiger charge is -2.25. The molecule has 1 saturated carbocycles. The molecule has 0 unspecified atom stereocenters. The van der Waals surface area contributed by atoms with E-state index >= 15 is 0 Å². The predicted molar refractivity (Wildman–Crippen MR) is 112 cm³/mol. The molecule has 1 atom stereocenters. The fraction of sp³-hybridized carbons (Fsp3) is 0.348. The highest BCUT2D eigenvalue weighted by molar-refractivity contribution is 6.17. The van der Waals surface area contributed by atoms with Gasteiger partial charge in [0.2, 0.25) is 11.8 Å². The van der Waals surface area contributed by atoms with Crippen LogP contribution in [0.3, 0.4) is 0 Å². The fourth-order valence-electron chi connectivity index (χ4n) is 4.04. The first kappa shape index (κ1) is 19.3. The Bertz CT molecular complexity index is 1040. The SMILES string of the molecule is Cc1cc2c(cc1C)N(CC(=O)Nc1ccc(F)cc1C)C(=O)[C@H]1CCCC1=N2. The lowest BCUT2D eigenvalue weighted by atomic mass is 10.0. The Morgan fingerprint density at radius 2 is 1.93 bits per heavy atom. The third kappa shape index (κ3) is 3.67. The third-order valence-electron chi connectivity index (χ3n) is 5.80. The summed E-state index contributed by atoms with van der Waals surface area (Å²) in [6, 6.07) is 8.13. The number of amides is 2. The van der Waals surface area contributed by atoms with Gasteiger partial charge in [-0.15, -0.1) is 0 Å². The van der Waals surface area contributed by atoms with Crippen LogP contribution in [0.15, 0.2) is 35.3 Å². The van der Waals surface area contributed by atoms with Gasteiger partial charge in [-0.3, -0.25) is 14.6 Å². The molecular formula is C23H24FN3O2. The van der Waals surface area contributed by atoms with Crippen molar-refractivity contribution in [1.82, 2.24) is 0 Å². The van der Waals surface area contributed by atoms with Gasteiger partial charge in [-0.2, -0.15) is 0 Å². The number of hydrogen-bond donors (Lipinski definition) is 1. The second kappa shape index (κ2) is 7.43. The Morgan fingerprint density at radius 1 is 1.17 bits per heavy atom. The standard InChI is InChI=1S/C23H24FN3O2/c1-13-10-20-21(11-14(13)2)27(23(29)17-5-4-6-19(17)25-20)12-22(28)26-18-8-7-16(24)9-15(18)3/h7-11,17H,4-6,12H2,1-3H3,(H,26,28)/t17-/m0/s1. The zero-order valence-corrected chi connectivity index (χ0v) is 16.9. The number of halogens is 1. The van der Waals surface area contributed by atoms with Gasteiger partial charge in [0.25, 0.3) is 0 Å². The van der Waals surface area contributed by atoms with Crippen LogP contribution in [-0.4, -0.2) is 24.1 Å². The van der Waals surface area contributed by atoms with Crippen molar-refractivity contribution in [2.75, 3.05) is 16.8 Å². The molecule has 4 rings (SSSR count). The molecule has 0 radical (unpaired) electrons. The second-order valence-corrected chi connectivity index (χ2v) is 7.90. The highest BCUT2D eigenvalue weighted by atomic mass is 19.1. The van der Waals surface area contributed by atoms with E-state index in [1.807, 2.05) is 26.0 Å². The van der Waals surface area contributed by atoms with Crippen LogP contribution in [0.5, 0.6) is 0 Å². The Balaban J connectivity index is 1.66. The quantitative estimate of drug-likeness (QED) is 0.828. The van der Waals surface area contributed by atoms with Crippen molar-refractivity contribution in [3.63, 3.8) is 0 Å². The van der Waals surface area contributed by atoms with Crippen molar-refractivity contribution in [1.29, 1.82) is 0 Å². The molecule has 2 aliphatic rings. The van der Waals surface area contributed by atoms with Crippen LogP contribution in [0.2, 0.25) is 0 Å². The number of aryl methyl sites for hydroxylation is 3. The molecule has 2 amide bonds. The maximum atomic E-state index is 13.3. The number of benzene rings is 2. The molecule has 1 fully saturated rings. The van der Waals surface area contributed by atoms with Crippen LogP contribution in [0, 0.1) is 32.5 Å². The summed E-state index contributed by atoms with van der Waals surface area (Å²) in [5, 5.41) is 2.81. The number of aliphatic imine (C=N–C) groups is 1. The first-order chi connectivity index (χ1) is 13.8. The van der Waals surface area contributed by atoms with Crippen LogP contribution in [-0.2, 0) is 9.59 Å². The Hall–Kier alpha value is -3.02. The molecular weight excluding hydrogens is 369 g/mol. The number of anilines is 2. The molecule has 0 saturated heterocycles. The van der Waals surface area contributed by atoms with Gasteiger partial charge in [-0.25, -0.2) is 4.39 Å². The molecule has 29 heavy (non-hydrogen) atoms. The average molecular weight is 393 g/mol. The fourth-order valence-corrected chi connectivity index (χ4v) is 4.04. The Labute approximate surface area is 169 Å². The van der Waals surface area contributed by atoms with E-state index in [9.17, 15) is 14.0 Å². The van der Waals surface area contributed by atoms with Gasteiger partial charge in [0.1, 0.15) is 12.4 Å². The van der Waals surface area contributed by atoms with Crippen LogP contribution in [0.1, 0.15) is 36.0 Å². The summed E-state index contributed by atoms with van der Waals surface area (Å²) < 4.78 is 13.3. The van der Waals surface area contributed by atoms with Crippen molar-refractivity contribution in [3.8, 4) is 0 Å². The molecule has 1 heterocycles. The van der Waals surface area contributed by atoms with Crippen molar-refractivity contribution in [2.24, 2.45) is 10.9 Å². The van der Waals surface area contributed by atoms with Gasteiger partial charge in [0.15, 0.2) is 0 Å². The number of hydrogen-bond acceptors (Lipinski definition) is 3. The summed E-state index contributed by atoms with van der Waals surface area (Å²) in [6.07, 6.45) is 2.51. The van der Waals surface area contributed by atoms with E-state index in [1.54, 1.807) is 11.8 Å². The van der Waals surface area contributed by atoms with Gasteiger partial charge in [-0.1, -0.05) is 0 Å². The molecule has 0 aromatic heterocycles. The van der Waals surface area contributed by atoms with E-state index < -0.39 is 0 Å². The van der Waals surface area contributed by atoms with Gasteiger partial charge in [-0.05, 0) is 87.1 Å². The monoisotopic (exact) mass is 393 g/mol. The van der Waals surface area contributed by atoms with Gasteiger partial charge >= 0.3 is 0 Å². The molecule has 6 heteroatoms. The Morgan fingerprint density at radius 3 is 2.69 bits per heavy atom.